The smallest absolute Gasteiger partial charge is 0.351 e. The summed E-state index contributed by atoms with van der Waals surface area (Å²) in [4.78, 5) is 31.2. The zero-order valence-corrected chi connectivity index (χ0v) is 19.2. The van der Waals surface area contributed by atoms with Crippen LogP contribution >= 0.6 is 23.6 Å². The number of primary amides is 1. The molecule has 4 rings (SSSR count). The molecule has 2 aromatic carbocycles. The van der Waals surface area contributed by atoms with Crippen LogP contribution in [0.2, 0.25) is 0 Å². The molecular formula is C21H15F3N6O2S2. The van der Waals surface area contributed by atoms with Gasteiger partial charge in [-0.25, -0.2) is 9.78 Å². The first-order chi connectivity index (χ1) is 15.8. The molecule has 13 heteroatoms. The fraction of sp³-hybridized carbons (Fsp3) is 0.190. The fourth-order valence-electron chi connectivity index (χ4n) is 3.67. The topological polar surface area (TPSA) is 115 Å². The summed E-state index contributed by atoms with van der Waals surface area (Å²) in [6.45, 7) is 3.20. The molecule has 0 atom stereocenters. The van der Waals surface area contributed by atoms with Crippen molar-refractivity contribution in [3.8, 4) is 6.07 Å². The zero-order chi connectivity index (χ0) is 25.0. The largest absolute Gasteiger partial charge is 0.417 e. The monoisotopic (exact) mass is 504 g/mol. The van der Waals surface area contributed by atoms with Gasteiger partial charge in [-0.15, -0.1) is 0 Å². The van der Waals surface area contributed by atoms with E-state index in [9.17, 15) is 22.8 Å². The van der Waals surface area contributed by atoms with Crippen molar-refractivity contribution in [2.45, 2.75) is 25.6 Å². The maximum atomic E-state index is 13.5. The fourth-order valence-corrected chi connectivity index (χ4v) is 5.04. The molecule has 3 aromatic rings. The molecule has 1 aliphatic rings. The highest BCUT2D eigenvalue weighted by Gasteiger charge is 2.50. The van der Waals surface area contributed by atoms with Crippen LogP contribution in [-0.2, 0) is 11.0 Å². The van der Waals surface area contributed by atoms with Crippen LogP contribution in [0.3, 0.4) is 0 Å². The number of nitrogens with zero attached hydrogens (tertiary/aromatic N) is 4. The van der Waals surface area contributed by atoms with E-state index in [2.05, 4.69) is 10.3 Å². The number of urea groups is 1. The van der Waals surface area contributed by atoms with Gasteiger partial charge in [-0.3, -0.25) is 15.0 Å². The number of nitrogens with one attached hydrogen (secondary N) is 1. The summed E-state index contributed by atoms with van der Waals surface area (Å²) in [5.74, 6) is -0.537. The Balaban J connectivity index is 1.77. The molecule has 174 valence electrons. The number of benzene rings is 2. The average molecular weight is 505 g/mol. The number of amides is 3. The Kier molecular flexibility index (Phi) is 5.46. The van der Waals surface area contributed by atoms with Crippen LogP contribution in [0.1, 0.15) is 25.0 Å². The second-order valence-electron chi connectivity index (χ2n) is 7.82. The quantitative estimate of drug-likeness (QED) is 0.504. The molecule has 1 aromatic heterocycles. The van der Waals surface area contributed by atoms with E-state index in [1.807, 2.05) is 0 Å². The molecule has 3 amide bonds. The van der Waals surface area contributed by atoms with Gasteiger partial charge in [-0.2, -0.15) is 18.4 Å². The third kappa shape index (κ3) is 3.80. The Bertz CT molecular complexity index is 1410. The first-order valence-corrected chi connectivity index (χ1v) is 10.8. The number of carbonyl (C=O) groups excluding carboxylic acids is 2. The van der Waals surface area contributed by atoms with Crippen LogP contribution in [-0.4, -0.2) is 27.6 Å². The first-order valence-electron chi connectivity index (χ1n) is 9.61. The van der Waals surface area contributed by atoms with Crippen LogP contribution in [0.4, 0.5) is 34.5 Å². The molecule has 0 bridgehead atoms. The Labute approximate surface area is 200 Å². The van der Waals surface area contributed by atoms with E-state index in [4.69, 9.17) is 23.2 Å². The maximum absolute atomic E-state index is 13.5. The molecule has 1 saturated heterocycles. The Morgan fingerprint density at radius 1 is 1.24 bits per heavy atom. The van der Waals surface area contributed by atoms with Crippen molar-refractivity contribution in [1.29, 1.82) is 5.26 Å². The van der Waals surface area contributed by atoms with Gasteiger partial charge in [0, 0.05) is 5.69 Å². The normalized spacial score (nSPS) is 15.6. The summed E-state index contributed by atoms with van der Waals surface area (Å²) in [6.07, 6.45) is -4.78. The Morgan fingerprint density at radius 2 is 1.91 bits per heavy atom. The van der Waals surface area contributed by atoms with E-state index in [1.54, 1.807) is 32.0 Å². The van der Waals surface area contributed by atoms with Gasteiger partial charge in [0.05, 0.1) is 33.1 Å². The second-order valence-corrected chi connectivity index (χ2v) is 9.21. The highest BCUT2D eigenvalue weighted by molar-refractivity contribution is 7.81. The number of aromatic nitrogens is 1. The van der Waals surface area contributed by atoms with Crippen molar-refractivity contribution >= 4 is 67.3 Å². The summed E-state index contributed by atoms with van der Waals surface area (Å²) >= 11 is 6.73. The lowest BCUT2D eigenvalue weighted by Gasteiger charge is -2.29. The lowest BCUT2D eigenvalue weighted by Crippen LogP contribution is -2.44. The number of hydrogen-bond donors (Lipinski definition) is 2. The highest BCUT2D eigenvalue weighted by Crippen LogP contribution is 2.40. The molecule has 0 aliphatic carbocycles. The van der Waals surface area contributed by atoms with Crippen molar-refractivity contribution in [2.24, 2.45) is 5.73 Å². The molecule has 1 aliphatic heterocycles. The lowest BCUT2D eigenvalue weighted by atomic mass is 10.0. The van der Waals surface area contributed by atoms with Crippen molar-refractivity contribution in [3.63, 3.8) is 0 Å². The second kappa shape index (κ2) is 7.93. The van der Waals surface area contributed by atoms with Crippen molar-refractivity contribution in [1.82, 2.24) is 4.98 Å². The number of alkyl halides is 3. The number of carbonyl (C=O) groups is 2. The van der Waals surface area contributed by atoms with E-state index < -0.39 is 34.8 Å². The molecule has 0 saturated carbocycles. The number of nitriles is 1. The van der Waals surface area contributed by atoms with Gasteiger partial charge in [-0.1, -0.05) is 11.3 Å². The average Bonchev–Trinajstić information content (AvgIpc) is 3.20. The highest BCUT2D eigenvalue weighted by atomic mass is 32.1. The van der Waals surface area contributed by atoms with Gasteiger partial charge in [0.25, 0.3) is 5.91 Å². The Morgan fingerprint density at radius 3 is 2.53 bits per heavy atom. The van der Waals surface area contributed by atoms with Crippen molar-refractivity contribution in [2.75, 3.05) is 15.1 Å². The van der Waals surface area contributed by atoms with E-state index >= 15 is 0 Å². The molecular weight excluding hydrogens is 489 g/mol. The standard InChI is InChI=1S/C21H15F3N6O2S2/c1-20(2)16(31)29(11-4-3-10(9-25)13(7-11)21(22,23)24)19(33)30(20)12-5-6-15-14(8-12)27-18(34-15)28-17(26)32/h3-8H,1-2H3,(H3,26,27,28,32). The number of nitrogens with two attached hydrogens (primary N) is 1. The minimum Gasteiger partial charge on any atom is -0.351 e. The van der Waals surface area contributed by atoms with E-state index in [-0.39, 0.29) is 15.9 Å². The van der Waals surface area contributed by atoms with Crippen LogP contribution in [0.15, 0.2) is 36.4 Å². The summed E-state index contributed by atoms with van der Waals surface area (Å²) in [5, 5.41) is 11.7. The number of thiocarbonyl (C=S) groups is 1. The van der Waals surface area contributed by atoms with Crippen molar-refractivity contribution in [3.05, 3.63) is 47.5 Å². The number of anilines is 3. The predicted octanol–water partition coefficient (Wildman–Crippen LogP) is 4.59. The first kappa shape index (κ1) is 23.4. The van der Waals surface area contributed by atoms with Crippen molar-refractivity contribution < 1.29 is 22.8 Å². The molecule has 0 unspecified atom stereocenters. The summed E-state index contributed by atoms with van der Waals surface area (Å²) < 4.78 is 41.2. The van der Waals surface area contributed by atoms with Gasteiger partial charge in [0.1, 0.15) is 5.54 Å². The summed E-state index contributed by atoms with van der Waals surface area (Å²) in [5.41, 5.74) is 3.08. The lowest BCUT2D eigenvalue weighted by molar-refractivity contribution is -0.137. The van der Waals surface area contributed by atoms with Crippen LogP contribution in [0, 0.1) is 11.3 Å². The third-order valence-electron chi connectivity index (χ3n) is 5.21. The predicted molar refractivity (Wildman–Crippen MR) is 126 cm³/mol. The van der Waals surface area contributed by atoms with E-state index in [0.717, 1.165) is 21.7 Å². The molecule has 2 heterocycles. The number of thiazole rings is 1. The number of rotatable bonds is 3. The molecule has 0 radical (unpaired) electrons. The van der Waals surface area contributed by atoms with Gasteiger partial charge < -0.3 is 10.6 Å². The van der Waals surface area contributed by atoms with Gasteiger partial charge in [-0.05, 0) is 62.5 Å². The summed E-state index contributed by atoms with van der Waals surface area (Å²) in [7, 11) is 0. The zero-order valence-electron chi connectivity index (χ0n) is 17.6. The minimum absolute atomic E-state index is 0.0297. The molecule has 1 fully saturated rings. The van der Waals surface area contributed by atoms with E-state index in [1.165, 1.54) is 28.4 Å². The minimum atomic E-state index is -4.78. The van der Waals surface area contributed by atoms with Gasteiger partial charge in [0.15, 0.2) is 10.2 Å². The van der Waals surface area contributed by atoms with Crippen LogP contribution in [0.5, 0.6) is 0 Å². The maximum Gasteiger partial charge on any atom is 0.417 e. The number of fused-ring (bicyclic) bond motifs is 1. The van der Waals surface area contributed by atoms with Crippen LogP contribution < -0.4 is 20.9 Å². The molecule has 3 N–H and O–H groups in total. The van der Waals surface area contributed by atoms with E-state index in [0.29, 0.717) is 11.2 Å². The van der Waals surface area contributed by atoms with Crippen LogP contribution in [0.25, 0.3) is 10.2 Å². The van der Waals surface area contributed by atoms with Gasteiger partial charge >= 0.3 is 12.2 Å². The molecule has 34 heavy (non-hydrogen) atoms. The Hall–Kier alpha value is -3.76. The summed E-state index contributed by atoms with van der Waals surface area (Å²) in [6, 6.07) is 8.84. The number of hydrogen-bond acceptors (Lipinski definition) is 6. The number of halogens is 3. The molecule has 8 nitrogen and oxygen atoms in total. The van der Waals surface area contributed by atoms with Gasteiger partial charge in [0.2, 0.25) is 0 Å². The molecule has 0 spiro atoms. The SMILES string of the molecule is CC1(C)C(=O)N(c2ccc(C#N)c(C(F)(F)F)c2)C(=S)N1c1ccc2sc(NC(N)=O)nc2c1. The third-order valence-corrected chi connectivity index (χ3v) is 6.53.